The van der Waals surface area contributed by atoms with Gasteiger partial charge in [0.2, 0.25) is 10.0 Å². The molecule has 0 aromatic heterocycles. The minimum absolute atomic E-state index is 0.129. The number of hydrogen-bond donors (Lipinski definition) is 1. The van der Waals surface area contributed by atoms with Crippen molar-refractivity contribution < 1.29 is 21.9 Å². The van der Waals surface area contributed by atoms with E-state index in [4.69, 9.17) is 0 Å². The van der Waals surface area contributed by atoms with Gasteiger partial charge in [0.15, 0.2) is 5.96 Å². The van der Waals surface area contributed by atoms with Crippen molar-refractivity contribution in [2.45, 2.75) is 26.0 Å². The highest BCUT2D eigenvalue weighted by molar-refractivity contribution is 7.88. The minimum atomic E-state index is -3.11. The van der Waals surface area contributed by atoms with Gasteiger partial charge in [0.25, 0.3) is 0 Å². The van der Waals surface area contributed by atoms with Gasteiger partial charge in [-0.15, -0.1) is 0 Å². The van der Waals surface area contributed by atoms with Crippen LogP contribution in [0.4, 0.5) is 8.78 Å². The predicted octanol–water partition coefficient (Wildman–Crippen LogP) is 1.97. The van der Waals surface area contributed by atoms with Crippen molar-refractivity contribution in [3.63, 3.8) is 0 Å². The first-order chi connectivity index (χ1) is 13.2. The zero-order chi connectivity index (χ0) is 20.7. The molecule has 2 rings (SSSR count). The molecule has 0 amide bonds. The van der Waals surface area contributed by atoms with Crippen molar-refractivity contribution in [3.05, 3.63) is 29.8 Å². The number of sulfonamides is 1. The second kappa shape index (κ2) is 10.0. The van der Waals surface area contributed by atoms with E-state index in [1.54, 1.807) is 19.2 Å². The Labute approximate surface area is 165 Å². The van der Waals surface area contributed by atoms with Crippen LogP contribution < -0.4 is 10.1 Å². The van der Waals surface area contributed by atoms with Crippen molar-refractivity contribution in [1.29, 1.82) is 0 Å². The third-order valence-electron chi connectivity index (χ3n) is 4.73. The molecule has 1 aromatic rings. The summed E-state index contributed by atoms with van der Waals surface area (Å²) >= 11 is 0. The van der Waals surface area contributed by atoms with Gasteiger partial charge in [0.1, 0.15) is 5.75 Å². The Hall–Kier alpha value is -1.94. The Morgan fingerprint density at radius 1 is 1.32 bits per heavy atom. The third-order valence-corrected chi connectivity index (χ3v) is 6.04. The first-order valence-electron chi connectivity index (χ1n) is 9.09. The van der Waals surface area contributed by atoms with Gasteiger partial charge in [-0.2, -0.15) is 8.78 Å². The second-order valence-corrected chi connectivity index (χ2v) is 8.89. The Bertz CT molecular complexity index is 749. The number of nitrogens with zero attached hydrogens (tertiary/aromatic N) is 3. The van der Waals surface area contributed by atoms with Gasteiger partial charge in [-0.25, -0.2) is 12.7 Å². The molecule has 0 atom stereocenters. The van der Waals surface area contributed by atoms with Crippen LogP contribution in [0.25, 0.3) is 0 Å². The van der Waals surface area contributed by atoms with Crippen LogP contribution in [0.1, 0.15) is 18.4 Å². The van der Waals surface area contributed by atoms with Crippen LogP contribution >= 0.6 is 0 Å². The van der Waals surface area contributed by atoms with E-state index < -0.39 is 16.6 Å². The lowest BCUT2D eigenvalue weighted by atomic mass is 9.98. The number of aliphatic imine (C=N–C) groups is 1. The van der Waals surface area contributed by atoms with E-state index >= 15 is 0 Å². The summed E-state index contributed by atoms with van der Waals surface area (Å²) in [5.74, 6) is 1.23. The van der Waals surface area contributed by atoms with E-state index in [1.165, 1.54) is 22.7 Å². The van der Waals surface area contributed by atoms with Gasteiger partial charge in [0, 0.05) is 40.3 Å². The van der Waals surface area contributed by atoms with Crippen molar-refractivity contribution in [2.24, 2.45) is 10.9 Å². The second-order valence-electron chi connectivity index (χ2n) is 6.91. The van der Waals surface area contributed by atoms with E-state index in [0.717, 1.165) is 30.9 Å². The number of guanidine groups is 1. The molecule has 0 radical (unpaired) electrons. The van der Waals surface area contributed by atoms with Gasteiger partial charge in [-0.3, -0.25) is 4.99 Å². The summed E-state index contributed by atoms with van der Waals surface area (Å²) in [6.07, 6.45) is 2.87. The zero-order valence-electron chi connectivity index (χ0n) is 16.4. The first-order valence-corrected chi connectivity index (χ1v) is 10.9. The Morgan fingerprint density at radius 2 is 1.93 bits per heavy atom. The summed E-state index contributed by atoms with van der Waals surface area (Å²) in [6, 6.07) is 6.51. The fourth-order valence-corrected chi connectivity index (χ4v) is 4.06. The molecule has 0 unspecified atom stereocenters. The number of halogens is 2. The summed E-state index contributed by atoms with van der Waals surface area (Å²) in [6.45, 7) is -0.461. The van der Waals surface area contributed by atoms with E-state index in [1.807, 2.05) is 11.9 Å². The summed E-state index contributed by atoms with van der Waals surface area (Å²) in [5.41, 5.74) is 0.938. The van der Waals surface area contributed by atoms with Crippen LogP contribution in [-0.2, 0) is 16.6 Å². The first kappa shape index (κ1) is 22.4. The average Bonchev–Trinajstić information content (AvgIpc) is 2.63. The number of nitrogens with one attached hydrogen (secondary N) is 1. The smallest absolute Gasteiger partial charge is 0.387 e. The molecule has 1 aromatic carbocycles. The summed E-state index contributed by atoms with van der Waals surface area (Å²) in [7, 11) is 0.480. The fraction of sp³-hybridized carbons (Fsp3) is 0.611. The van der Waals surface area contributed by atoms with Crippen LogP contribution in [0.5, 0.6) is 5.75 Å². The number of piperidine rings is 1. The van der Waals surface area contributed by atoms with Crippen LogP contribution in [0.15, 0.2) is 29.3 Å². The molecule has 10 heteroatoms. The predicted molar refractivity (Wildman–Crippen MR) is 105 cm³/mol. The van der Waals surface area contributed by atoms with Gasteiger partial charge in [-0.05, 0) is 36.5 Å². The molecule has 0 aliphatic carbocycles. The highest BCUT2D eigenvalue weighted by Gasteiger charge is 2.25. The topological polar surface area (TPSA) is 74.2 Å². The minimum Gasteiger partial charge on any atom is -0.435 e. The molecule has 0 bridgehead atoms. The third kappa shape index (κ3) is 6.90. The number of rotatable bonds is 7. The molecular formula is C18H28F2N4O3S. The van der Waals surface area contributed by atoms with Crippen molar-refractivity contribution >= 4 is 16.0 Å². The Balaban J connectivity index is 1.81. The lowest BCUT2D eigenvalue weighted by Gasteiger charge is -2.31. The maximum Gasteiger partial charge on any atom is 0.387 e. The SMILES string of the molecule is CN=C(NCC1CCN(S(C)(=O)=O)CC1)N(C)Cc1ccc(OC(F)F)cc1. The lowest BCUT2D eigenvalue weighted by Crippen LogP contribution is -2.44. The van der Waals surface area contributed by atoms with E-state index in [9.17, 15) is 17.2 Å². The van der Waals surface area contributed by atoms with E-state index in [2.05, 4.69) is 15.0 Å². The molecule has 7 nitrogen and oxygen atoms in total. The molecular weight excluding hydrogens is 390 g/mol. The highest BCUT2D eigenvalue weighted by atomic mass is 32.2. The molecule has 158 valence electrons. The Kier molecular flexibility index (Phi) is 7.99. The summed E-state index contributed by atoms with van der Waals surface area (Å²) in [4.78, 5) is 6.22. The monoisotopic (exact) mass is 418 g/mol. The molecule has 1 aliphatic rings. The van der Waals surface area contributed by atoms with Crippen LogP contribution in [0, 0.1) is 5.92 Å². The van der Waals surface area contributed by atoms with Crippen molar-refractivity contribution in [3.8, 4) is 5.75 Å². The maximum absolute atomic E-state index is 12.2. The largest absolute Gasteiger partial charge is 0.435 e. The molecule has 1 aliphatic heterocycles. The van der Waals surface area contributed by atoms with Gasteiger partial charge >= 0.3 is 6.61 Å². The summed E-state index contributed by atoms with van der Waals surface area (Å²) < 4.78 is 53.5. The van der Waals surface area contributed by atoms with Crippen LogP contribution in [0.2, 0.25) is 0 Å². The average molecular weight is 419 g/mol. The maximum atomic E-state index is 12.2. The molecule has 0 spiro atoms. The number of ether oxygens (including phenoxy) is 1. The molecule has 1 heterocycles. The van der Waals surface area contributed by atoms with Crippen LogP contribution in [0.3, 0.4) is 0 Å². The van der Waals surface area contributed by atoms with E-state index in [-0.39, 0.29) is 5.75 Å². The van der Waals surface area contributed by atoms with Gasteiger partial charge in [0.05, 0.1) is 6.26 Å². The summed E-state index contributed by atoms with van der Waals surface area (Å²) in [5, 5.41) is 3.33. The van der Waals surface area contributed by atoms with Gasteiger partial charge < -0.3 is 15.0 Å². The molecule has 28 heavy (non-hydrogen) atoms. The molecule has 0 saturated carbocycles. The molecule has 1 saturated heterocycles. The molecule has 1 fully saturated rings. The fourth-order valence-electron chi connectivity index (χ4n) is 3.19. The number of hydrogen-bond acceptors (Lipinski definition) is 4. The zero-order valence-corrected chi connectivity index (χ0v) is 17.3. The standard InChI is InChI=1S/C18H28F2N4O3S/c1-21-18(22-12-14-8-10-24(11-9-14)28(3,25)26)23(2)13-15-4-6-16(7-5-15)27-17(19)20/h4-7,14,17H,8-13H2,1-3H3,(H,21,22). The van der Waals surface area contributed by atoms with Crippen LogP contribution in [-0.4, -0.2) is 70.2 Å². The van der Waals surface area contributed by atoms with Gasteiger partial charge in [-0.1, -0.05) is 12.1 Å². The lowest BCUT2D eigenvalue weighted by molar-refractivity contribution is -0.0498. The Morgan fingerprint density at radius 3 is 2.43 bits per heavy atom. The molecule has 1 N–H and O–H groups in total. The number of benzene rings is 1. The highest BCUT2D eigenvalue weighted by Crippen LogP contribution is 2.19. The van der Waals surface area contributed by atoms with Crippen molar-refractivity contribution in [1.82, 2.24) is 14.5 Å². The normalized spacial score (nSPS) is 17.0. The quantitative estimate of drug-likeness (QED) is 0.541. The van der Waals surface area contributed by atoms with E-state index in [0.29, 0.717) is 25.6 Å². The van der Waals surface area contributed by atoms with Crippen molar-refractivity contribution in [2.75, 3.05) is 40.0 Å². The number of alkyl halides is 2.